The molecule has 0 saturated carbocycles. The molecular weight excluding hydrogens is 485 g/mol. The van der Waals surface area contributed by atoms with Crippen LogP contribution in [0.25, 0.3) is 0 Å². The van der Waals surface area contributed by atoms with Gasteiger partial charge in [-0.15, -0.1) is 0 Å². The Morgan fingerprint density at radius 1 is 1.03 bits per heavy atom. The predicted molar refractivity (Wildman–Crippen MR) is 126 cm³/mol. The van der Waals surface area contributed by atoms with Crippen molar-refractivity contribution >= 4 is 31.6 Å². The van der Waals surface area contributed by atoms with Crippen LogP contribution in [0.4, 0.5) is 10.1 Å². The smallest absolute Gasteiger partial charge is 0.243 e. The van der Waals surface area contributed by atoms with E-state index in [9.17, 15) is 26.0 Å². The Balaban J connectivity index is 1.50. The summed E-state index contributed by atoms with van der Waals surface area (Å²) in [6.45, 7) is 0.606. The quantitative estimate of drug-likeness (QED) is 0.486. The summed E-state index contributed by atoms with van der Waals surface area (Å²) in [6, 6.07) is 11.3. The van der Waals surface area contributed by atoms with Gasteiger partial charge in [0.2, 0.25) is 26.0 Å². The number of carbonyl (C=O) groups excluding carboxylic acids is 1. The van der Waals surface area contributed by atoms with E-state index in [0.29, 0.717) is 23.1 Å². The van der Waals surface area contributed by atoms with Gasteiger partial charge in [-0.3, -0.25) is 9.10 Å². The monoisotopic (exact) mass is 513 g/mol. The van der Waals surface area contributed by atoms with Crippen molar-refractivity contribution in [1.82, 2.24) is 9.62 Å². The lowest BCUT2D eigenvalue weighted by atomic mass is 10.2. The Morgan fingerprint density at radius 3 is 2.29 bits per heavy atom. The largest absolute Gasteiger partial charge is 0.492 e. The van der Waals surface area contributed by atoms with Crippen LogP contribution in [0, 0.1) is 5.82 Å². The molecule has 2 aromatic carbocycles. The van der Waals surface area contributed by atoms with Crippen molar-refractivity contribution in [3.05, 3.63) is 54.3 Å². The molecule has 0 aromatic heterocycles. The van der Waals surface area contributed by atoms with Crippen LogP contribution in [0.3, 0.4) is 0 Å². The van der Waals surface area contributed by atoms with Crippen molar-refractivity contribution in [3.63, 3.8) is 0 Å². The van der Waals surface area contributed by atoms with Gasteiger partial charge in [0.05, 0.1) is 23.4 Å². The first-order valence-corrected chi connectivity index (χ1v) is 14.1. The average molecular weight is 514 g/mol. The summed E-state index contributed by atoms with van der Waals surface area (Å²) >= 11 is 0. The predicted octanol–water partition coefficient (Wildman–Crippen LogP) is 1.96. The summed E-state index contributed by atoms with van der Waals surface area (Å²) in [5, 5.41) is 2.53. The summed E-state index contributed by atoms with van der Waals surface area (Å²) in [5.74, 6) is -0.953. The zero-order valence-corrected chi connectivity index (χ0v) is 20.4. The van der Waals surface area contributed by atoms with E-state index in [2.05, 4.69) is 5.32 Å². The zero-order chi connectivity index (χ0) is 24.8. The van der Waals surface area contributed by atoms with E-state index in [1.807, 2.05) is 0 Å². The minimum atomic E-state index is -3.88. The second-order valence-corrected chi connectivity index (χ2v) is 11.7. The number of carbonyl (C=O) groups is 1. The molecule has 9 nitrogen and oxygen atoms in total. The van der Waals surface area contributed by atoms with E-state index in [1.165, 1.54) is 34.6 Å². The fraction of sp³-hybridized carbons (Fsp3) is 0.409. The van der Waals surface area contributed by atoms with Crippen molar-refractivity contribution in [2.75, 3.05) is 43.3 Å². The molecule has 1 saturated heterocycles. The molecule has 2 aromatic rings. The number of hydrogen-bond acceptors (Lipinski definition) is 6. The van der Waals surface area contributed by atoms with Gasteiger partial charge in [0.15, 0.2) is 0 Å². The Labute approximate surface area is 199 Å². The maximum Gasteiger partial charge on any atom is 0.243 e. The number of halogens is 1. The summed E-state index contributed by atoms with van der Waals surface area (Å²) in [5.41, 5.74) is -0.212. The van der Waals surface area contributed by atoms with E-state index in [4.69, 9.17) is 4.74 Å². The molecule has 1 aliphatic heterocycles. The van der Waals surface area contributed by atoms with Crippen LogP contribution in [-0.2, 0) is 24.8 Å². The first kappa shape index (κ1) is 25.9. The van der Waals surface area contributed by atoms with Crippen LogP contribution in [0.5, 0.6) is 5.75 Å². The molecule has 34 heavy (non-hydrogen) atoms. The van der Waals surface area contributed by atoms with Gasteiger partial charge in [-0.2, -0.15) is 4.31 Å². The van der Waals surface area contributed by atoms with Crippen molar-refractivity contribution in [1.29, 1.82) is 0 Å². The number of piperidine rings is 1. The van der Waals surface area contributed by atoms with Gasteiger partial charge in [-0.25, -0.2) is 21.2 Å². The average Bonchev–Trinajstić information content (AvgIpc) is 2.81. The van der Waals surface area contributed by atoms with Crippen molar-refractivity contribution < 1.29 is 30.8 Å². The first-order chi connectivity index (χ1) is 16.1. The maximum atomic E-state index is 14.0. The molecule has 0 unspecified atom stereocenters. The highest BCUT2D eigenvalue weighted by atomic mass is 32.2. The molecule has 1 amide bonds. The minimum Gasteiger partial charge on any atom is -0.492 e. The summed E-state index contributed by atoms with van der Waals surface area (Å²) < 4.78 is 71.2. The van der Waals surface area contributed by atoms with E-state index < -0.39 is 38.3 Å². The highest BCUT2D eigenvalue weighted by Crippen LogP contribution is 2.23. The molecule has 0 spiro atoms. The standard InChI is InChI=1S/C22H28FN3O6S2/c1-33(28,29)26(21-8-4-3-7-20(21)23)17-22(27)24-13-16-32-18-9-11-19(12-10-18)34(30,31)25-14-5-2-6-15-25/h3-4,7-12H,2,5-6,13-17H2,1H3,(H,24,27). The maximum absolute atomic E-state index is 14.0. The van der Waals surface area contributed by atoms with Gasteiger partial charge < -0.3 is 10.1 Å². The Morgan fingerprint density at radius 2 is 1.68 bits per heavy atom. The lowest BCUT2D eigenvalue weighted by Gasteiger charge is -2.25. The minimum absolute atomic E-state index is 0.0710. The molecular formula is C22H28FN3O6S2. The lowest BCUT2D eigenvalue weighted by Crippen LogP contribution is -2.41. The molecule has 1 heterocycles. The van der Waals surface area contributed by atoms with E-state index in [1.54, 1.807) is 12.1 Å². The molecule has 1 aliphatic rings. The Kier molecular flexibility index (Phi) is 8.50. The third-order valence-corrected chi connectivity index (χ3v) is 8.32. The van der Waals surface area contributed by atoms with Gasteiger partial charge in [0, 0.05) is 13.1 Å². The number of para-hydroxylation sites is 1. The van der Waals surface area contributed by atoms with Crippen molar-refractivity contribution in [3.8, 4) is 5.75 Å². The summed E-state index contributed by atoms with van der Waals surface area (Å²) in [7, 11) is -7.41. The molecule has 1 fully saturated rings. The number of benzene rings is 2. The van der Waals surface area contributed by atoms with Crippen LogP contribution < -0.4 is 14.4 Å². The van der Waals surface area contributed by atoms with Crippen LogP contribution >= 0.6 is 0 Å². The van der Waals surface area contributed by atoms with Gasteiger partial charge in [-0.05, 0) is 49.2 Å². The van der Waals surface area contributed by atoms with Gasteiger partial charge in [0.1, 0.15) is 24.7 Å². The van der Waals surface area contributed by atoms with E-state index in [0.717, 1.165) is 31.6 Å². The molecule has 186 valence electrons. The van der Waals surface area contributed by atoms with E-state index in [-0.39, 0.29) is 23.7 Å². The Hall–Kier alpha value is -2.70. The number of nitrogens with zero attached hydrogens (tertiary/aromatic N) is 2. The van der Waals surface area contributed by atoms with Crippen LogP contribution in [-0.4, -0.2) is 66.1 Å². The Bertz CT molecular complexity index is 1200. The van der Waals surface area contributed by atoms with Crippen LogP contribution in [0.1, 0.15) is 19.3 Å². The van der Waals surface area contributed by atoms with Crippen molar-refractivity contribution in [2.24, 2.45) is 0 Å². The molecule has 0 aliphatic carbocycles. The van der Waals surface area contributed by atoms with Gasteiger partial charge in [0.25, 0.3) is 0 Å². The van der Waals surface area contributed by atoms with Crippen LogP contribution in [0.15, 0.2) is 53.4 Å². The number of anilines is 1. The fourth-order valence-corrected chi connectivity index (χ4v) is 5.92. The summed E-state index contributed by atoms with van der Waals surface area (Å²) in [6.07, 6.45) is 3.64. The highest BCUT2D eigenvalue weighted by Gasteiger charge is 2.26. The third kappa shape index (κ3) is 6.67. The highest BCUT2D eigenvalue weighted by molar-refractivity contribution is 7.92. The first-order valence-electron chi connectivity index (χ1n) is 10.8. The normalized spacial score (nSPS) is 15.0. The van der Waals surface area contributed by atoms with Gasteiger partial charge in [-0.1, -0.05) is 18.6 Å². The number of hydrogen-bond donors (Lipinski definition) is 1. The lowest BCUT2D eigenvalue weighted by molar-refractivity contribution is -0.119. The van der Waals surface area contributed by atoms with Crippen molar-refractivity contribution in [2.45, 2.75) is 24.2 Å². The third-order valence-electron chi connectivity index (χ3n) is 5.28. The molecule has 12 heteroatoms. The number of ether oxygens (including phenoxy) is 1. The molecule has 0 bridgehead atoms. The number of nitrogens with one attached hydrogen (secondary N) is 1. The second-order valence-electron chi connectivity index (χ2n) is 7.86. The molecule has 3 rings (SSSR count). The van der Waals surface area contributed by atoms with Gasteiger partial charge >= 0.3 is 0 Å². The molecule has 1 N–H and O–H groups in total. The van der Waals surface area contributed by atoms with E-state index >= 15 is 0 Å². The topological polar surface area (TPSA) is 113 Å². The number of sulfonamides is 2. The number of amides is 1. The SMILES string of the molecule is CS(=O)(=O)N(CC(=O)NCCOc1ccc(S(=O)(=O)N2CCCCC2)cc1)c1ccccc1F. The summed E-state index contributed by atoms with van der Waals surface area (Å²) in [4.78, 5) is 12.4. The van der Waals surface area contributed by atoms with Crippen LogP contribution in [0.2, 0.25) is 0 Å². The zero-order valence-electron chi connectivity index (χ0n) is 18.8. The second kappa shape index (κ2) is 11.2. The number of rotatable bonds is 10. The molecule has 0 atom stereocenters. The molecule has 0 radical (unpaired) electrons. The fourth-order valence-electron chi connectivity index (χ4n) is 3.54.